The number of nitrogens with zero attached hydrogens (tertiary/aromatic N) is 1. The van der Waals surface area contributed by atoms with Gasteiger partial charge in [0.2, 0.25) is 0 Å². The van der Waals surface area contributed by atoms with Gasteiger partial charge in [-0.3, -0.25) is 4.90 Å². The van der Waals surface area contributed by atoms with Crippen LogP contribution >= 0.6 is 12.4 Å². The molecule has 36 heavy (non-hydrogen) atoms. The van der Waals surface area contributed by atoms with Gasteiger partial charge in [-0.25, -0.2) is 8.78 Å². The van der Waals surface area contributed by atoms with Crippen LogP contribution < -0.4 is 9.47 Å². The largest absolute Gasteiger partial charge is 0.508 e. The molecule has 0 bridgehead atoms. The minimum absolute atomic E-state index is 0. The van der Waals surface area contributed by atoms with E-state index >= 15 is 0 Å². The molecule has 1 N–H and O–H groups in total. The van der Waals surface area contributed by atoms with Gasteiger partial charge in [0.05, 0.1) is 0 Å². The fraction of sp³-hybridized carbons (Fsp3) is 0.241. The lowest BCUT2D eigenvalue weighted by atomic mass is 9.99. The van der Waals surface area contributed by atoms with Crippen LogP contribution in [0.3, 0.4) is 0 Å². The summed E-state index contributed by atoms with van der Waals surface area (Å²) in [6.45, 7) is 3.82. The average molecular weight is 512 g/mol. The van der Waals surface area contributed by atoms with E-state index in [4.69, 9.17) is 9.47 Å². The monoisotopic (exact) mass is 511 g/mol. The number of hydrogen-bond acceptors (Lipinski definition) is 4. The SMILES string of the molecule is Cl.Oc1ccc2c(Oc3ccc(OCCN4CCCCC4)cc3)c(-c3ccc(F)c(F)c3)ccc2c1. The maximum Gasteiger partial charge on any atom is 0.159 e. The Morgan fingerprint density at radius 1 is 0.778 bits per heavy atom. The minimum Gasteiger partial charge on any atom is -0.508 e. The summed E-state index contributed by atoms with van der Waals surface area (Å²) in [5.74, 6) is 0.140. The highest BCUT2D eigenvalue weighted by molar-refractivity contribution is 5.96. The smallest absolute Gasteiger partial charge is 0.159 e. The van der Waals surface area contributed by atoms with Crippen LogP contribution in [-0.4, -0.2) is 36.2 Å². The summed E-state index contributed by atoms with van der Waals surface area (Å²) in [4.78, 5) is 2.43. The third kappa shape index (κ3) is 5.89. The molecule has 1 saturated heterocycles. The first-order chi connectivity index (χ1) is 17.1. The summed E-state index contributed by atoms with van der Waals surface area (Å²) >= 11 is 0. The van der Waals surface area contributed by atoms with Gasteiger partial charge in [-0.1, -0.05) is 18.6 Å². The molecule has 1 aliphatic heterocycles. The van der Waals surface area contributed by atoms with Crippen LogP contribution in [0.5, 0.6) is 23.0 Å². The van der Waals surface area contributed by atoms with Gasteiger partial charge in [0.25, 0.3) is 0 Å². The molecule has 0 radical (unpaired) electrons. The molecular formula is C29H28ClF2NO3. The van der Waals surface area contributed by atoms with E-state index in [1.807, 2.05) is 30.3 Å². The number of likely N-dealkylation sites (tertiary alicyclic amines) is 1. The van der Waals surface area contributed by atoms with Crippen molar-refractivity contribution in [2.75, 3.05) is 26.2 Å². The van der Waals surface area contributed by atoms with Crippen molar-refractivity contribution >= 4 is 23.2 Å². The van der Waals surface area contributed by atoms with Gasteiger partial charge in [0.15, 0.2) is 11.6 Å². The number of hydrogen-bond donors (Lipinski definition) is 1. The Balaban J connectivity index is 0.00000304. The number of ether oxygens (including phenoxy) is 2. The highest BCUT2D eigenvalue weighted by Gasteiger charge is 2.15. The summed E-state index contributed by atoms with van der Waals surface area (Å²) in [5, 5.41) is 11.4. The van der Waals surface area contributed by atoms with Crippen molar-refractivity contribution in [3.8, 4) is 34.1 Å². The fourth-order valence-electron chi connectivity index (χ4n) is 4.49. The predicted molar refractivity (Wildman–Crippen MR) is 141 cm³/mol. The molecule has 0 aromatic heterocycles. The molecule has 0 unspecified atom stereocenters. The number of aromatic hydroxyl groups is 1. The first kappa shape index (κ1) is 25.7. The summed E-state index contributed by atoms with van der Waals surface area (Å²) in [7, 11) is 0. The van der Waals surface area contributed by atoms with E-state index in [2.05, 4.69) is 4.90 Å². The molecule has 4 nitrogen and oxygen atoms in total. The van der Waals surface area contributed by atoms with E-state index in [-0.39, 0.29) is 18.2 Å². The first-order valence-electron chi connectivity index (χ1n) is 11.9. The number of halogens is 3. The van der Waals surface area contributed by atoms with Gasteiger partial charge < -0.3 is 14.6 Å². The lowest BCUT2D eigenvalue weighted by Crippen LogP contribution is -2.33. The van der Waals surface area contributed by atoms with Gasteiger partial charge in [-0.2, -0.15) is 0 Å². The third-order valence-corrected chi connectivity index (χ3v) is 6.35. The Hall–Kier alpha value is -3.35. The van der Waals surface area contributed by atoms with Crippen LogP contribution in [0.1, 0.15) is 19.3 Å². The number of piperidine rings is 1. The minimum atomic E-state index is -0.926. The topological polar surface area (TPSA) is 41.9 Å². The summed E-state index contributed by atoms with van der Waals surface area (Å²) < 4.78 is 39.7. The average Bonchev–Trinajstić information content (AvgIpc) is 2.87. The Labute approximate surface area is 215 Å². The van der Waals surface area contributed by atoms with Crippen molar-refractivity contribution < 1.29 is 23.4 Å². The van der Waals surface area contributed by atoms with Crippen molar-refractivity contribution in [2.24, 2.45) is 0 Å². The summed E-state index contributed by atoms with van der Waals surface area (Å²) in [6.07, 6.45) is 3.83. The maximum absolute atomic E-state index is 14.0. The molecule has 1 fully saturated rings. The number of phenols is 1. The van der Waals surface area contributed by atoms with Gasteiger partial charge >= 0.3 is 0 Å². The standard InChI is InChI=1S/C29H27F2NO3.ClH/c30-27-13-5-21(19-28(27)31)25-11-4-20-18-22(33)6-12-26(20)29(25)35-24-9-7-23(8-10-24)34-17-16-32-14-2-1-3-15-32;/h4-13,18-19,33H,1-3,14-17H2;1H. The van der Waals surface area contributed by atoms with Crippen LogP contribution in [0.25, 0.3) is 21.9 Å². The molecule has 0 spiro atoms. The molecule has 0 amide bonds. The zero-order chi connectivity index (χ0) is 24.2. The summed E-state index contributed by atoms with van der Waals surface area (Å²) in [6, 6.07) is 19.7. The van der Waals surface area contributed by atoms with Gasteiger partial charge in [-0.05, 0) is 97.5 Å². The summed E-state index contributed by atoms with van der Waals surface area (Å²) in [5.41, 5.74) is 1.11. The van der Waals surface area contributed by atoms with Crippen LogP contribution in [0.2, 0.25) is 0 Å². The lowest BCUT2D eigenvalue weighted by molar-refractivity contribution is 0.183. The second kappa shape index (κ2) is 11.6. The number of benzene rings is 4. The number of rotatable bonds is 7. The zero-order valence-corrected chi connectivity index (χ0v) is 20.6. The zero-order valence-electron chi connectivity index (χ0n) is 19.8. The van der Waals surface area contributed by atoms with E-state index < -0.39 is 11.6 Å². The Kier molecular flexibility index (Phi) is 8.28. The van der Waals surface area contributed by atoms with Crippen LogP contribution in [0.15, 0.2) is 72.8 Å². The molecule has 1 aliphatic rings. The predicted octanol–water partition coefficient (Wildman–Crippen LogP) is 7.57. The van der Waals surface area contributed by atoms with Crippen molar-refractivity contribution in [3.05, 3.63) is 84.4 Å². The van der Waals surface area contributed by atoms with Crippen molar-refractivity contribution in [2.45, 2.75) is 19.3 Å². The Bertz CT molecular complexity index is 1320. The quantitative estimate of drug-likeness (QED) is 0.278. The van der Waals surface area contributed by atoms with Crippen LogP contribution in [-0.2, 0) is 0 Å². The van der Waals surface area contributed by atoms with E-state index in [1.165, 1.54) is 25.3 Å². The van der Waals surface area contributed by atoms with Crippen LogP contribution in [0, 0.1) is 11.6 Å². The van der Waals surface area contributed by atoms with Gasteiger partial charge in [0, 0.05) is 17.5 Å². The van der Waals surface area contributed by atoms with E-state index in [0.717, 1.165) is 48.3 Å². The molecule has 0 atom stereocenters. The van der Waals surface area contributed by atoms with Gasteiger partial charge in [0.1, 0.15) is 29.6 Å². The molecule has 1 heterocycles. The molecule has 188 valence electrons. The van der Waals surface area contributed by atoms with Gasteiger partial charge in [-0.15, -0.1) is 12.4 Å². The highest BCUT2D eigenvalue weighted by Crippen LogP contribution is 2.41. The van der Waals surface area contributed by atoms with E-state index in [9.17, 15) is 13.9 Å². The maximum atomic E-state index is 14.0. The molecule has 0 saturated carbocycles. The van der Waals surface area contributed by atoms with E-state index in [0.29, 0.717) is 29.2 Å². The first-order valence-corrected chi connectivity index (χ1v) is 11.9. The molecule has 5 rings (SSSR count). The van der Waals surface area contributed by atoms with Crippen LogP contribution in [0.4, 0.5) is 8.78 Å². The van der Waals surface area contributed by atoms with Crippen molar-refractivity contribution in [3.63, 3.8) is 0 Å². The molecule has 7 heteroatoms. The van der Waals surface area contributed by atoms with Crippen molar-refractivity contribution in [1.82, 2.24) is 4.90 Å². The number of phenolic OH excluding ortho intramolecular Hbond substituents is 1. The number of fused-ring (bicyclic) bond motifs is 1. The third-order valence-electron chi connectivity index (χ3n) is 6.35. The lowest BCUT2D eigenvalue weighted by Gasteiger charge is -2.26. The van der Waals surface area contributed by atoms with Crippen molar-refractivity contribution in [1.29, 1.82) is 0 Å². The Morgan fingerprint density at radius 2 is 1.53 bits per heavy atom. The second-order valence-electron chi connectivity index (χ2n) is 8.80. The van der Waals surface area contributed by atoms with E-state index in [1.54, 1.807) is 24.3 Å². The second-order valence-corrected chi connectivity index (χ2v) is 8.80. The Morgan fingerprint density at radius 3 is 2.28 bits per heavy atom. The molecule has 4 aromatic rings. The molecular weight excluding hydrogens is 484 g/mol. The highest BCUT2D eigenvalue weighted by atomic mass is 35.5. The molecule has 4 aromatic carbocycles. The fourth-order valence-corrected chi connectivity index (χ4v) is 4.49. The normalized spacial score (nSPS) is 13.8. The molecule has 0 aliphatic carbocycles.